The summed E-state index contributed by atoms with van der Waals surface area (Å²) in [6.45, 7) is 0.209. The number of rotatable bonds is 4. The molecule has 6 heteroatoms. The van der Waals surface area contributed by atoms with Crippen LogP contribution in [0, 0.1) is 0 Å². The third-order valence-electron chi connectivity index (χ3n) is 2.37. The van der Waals surface area contributed by atoms with Crippen LogP contribution in [0.15, 0.2) is 36.7 Å². The quantitative estimate of drug-likeness (QED) is 0.935. The van der Waals surface area contributed by atoms with E-state index in [9.17, 15) is 4.79 Å². The maximum atomic E-state index is 10.8. The number of nitrogens with zero attached hydrogens (tertiary/aromatic N) is 1. The minimum Gasteiger partial charge on any atom is -0.487 e. The van der Waals surface area contributed by atoms with Crippen LogP contribution < -0.4 is 4.74 Å². The number of aromatic nitrogens is 1. The average Bonchev–Trinajstić information content (AvgIpc) is 2.37. The minimum absolute atomic E-state index is 0.137. The molecule has 98 valence electrons. The van der Waals surface area contributed by atoms with Gasteiger partial charge in [0, 0.05) is 22.8 Å². The zero-order valence-corrected chi connectivity index (χ0v) is 11.1. The average molecular weight is 298 g/mol. The van der Waals surface area contributed by atoms with Crippen LogP contribution in [0.4, 0.5) is 0 Å². The third kappa shape index (κ3) is 3.59. The van der Waals surface area contributed by atoms with Crippen LogP contribution in [0.25, 0.3) is 0 Å². The maximum Gasteiger partial charge on any atom is 0.335 e. The Morgan fingerprint density at radius 1 is 1.26 bits per heavy atom. The Morgan fingerprint density at radius 2 is 2.05 bits per heavy atom. The number of benzene rings is 1. The van der Waals surface area contributed by atoms with Gasteiger partial charge >= 0.3 is 5.97 Å². The molecule has 0 radical (unpaired) electrons. The zero-order chi connectivity index (χ0) is 13.8. The molecule has 0 fully saturated rings. The van der Waals surface area contributed by atoms with Gasteiger partial charge in [0.1, 0.15) is 12.4 Å². The lowest BCUT2D eigenvalue weighted by atomic mass is 10.1. The minimum atomic E-state index is -1.02. The second-order valence-electron chi connectivity index (χ2n) is 3.74. The van der Waals surface area contributed by atoms with E-state index < -0.39 is 5.97 Å². The number of ether oxygens (including phenoxy) is 1. The van der Waals surface area contributed by atoms with Crippen molar-refractivity contribution in [2.45, 2.75) is 6.61 Å². The normalized spacial score (nSPS) is 10.2. The fraction of sp³-hybridized carbons (Fsp3) is 0.0769. The summed E-state index contributed by atoms with van der Waals surface area (Å²) in [6, 6.07) is 6.11. The molecule has 1 N–H and O–H groups in total. The molecule has 0 atom stereocenters. The second kappa shape index (κ2) is 5.91. The van der Waals surface area contributed by atoms with Gasteiger partial charge in [0.15, 0.2) is 0 Å². The fourth-order valence-electron chi connectivity index (χ4n) is 1.43. The van der Waals surface area contributed by atoms with Crippen molar-refractivity contribution in [3.63, 3.8) is 0 Å². The van der Waals surface area contributed by atoms with Crippen molar-refractivity contribution in [3.8, 4) is 5.75 Å². The molecular weight excluding hydrogens is 289 g/mol. The molecule has 2 aromatic rings. The van der Waals surface area contributed by atoms with Gasteiger partial charge in [-0.05, 0) is 12.1 Å². The molecule has 19 heavy (non-hydrogen) atoms. The molecule has 0 aliphatic rings. The smallest absolute Gasteiger partial charge is 0.335 e. The number of carboxylic acid groups (broad SMARTS) is 1. The maximum absolute atomic E-state index is 10.8. The molecule has 1 heterocycles. The first kappa shape index (κ1) is 13.6. The molecule has 4 nitrogen and oxygen atoms in total. The highest BCUT2D eigenvalue weighted by atomic mass is 35.5. The second-order valence-corrected chi connectivity index (χ2v) is 4.58. The Morgan fingerprint density at radius 3 is 2.68 bits per heavy atom. The molecule has 0 saturated heterocycles. The SMILES string of the molecule is O=C(O)c1ccc(COc2cncc(Cl)c2)c(Cl)c1. The Hall–Kier alpha value is -1.78. The van der Waals surface area contributed by atoms with E-state index in [0.717, 1.165) is 0 Å². The number of carboxylic acids is 1. The summed E-state index contributed by atoms with van der Waals surface area (Å²) in [7, 11) is 0. The Bertz CT molecular complexity index is 617. The standard InChI is InChI=1S/C13H9Cl2NO3/c14-10-4-11(6-16-5-10)19-7-9-2-1-8(13(17)18)3-12(9)15/h1-6H,7H2,(H,17,18). The highest BCUT2D eigenvalue weighted by Crippen LogP contribution is 2.21. The van der Waals surface area contributed by atoms with Crippen LogP contribution in [0.3, 0.4) is 0 Å². The van der Waals surface area contributed by atoms with Gasteiger partial charge in [-0.2, -0.15) is 0 Å². The first-order valence-corrected chi connectivity index (χ1v) is 6.07. The monoisotopic (exact) mass is 297 g/mol. The van der Waals surface area contributed by atoms with Gasteiger partial charge in [0.05, 0.1) is 16.8 Å². The van der Waals surface area contributed by atoms with E-state index in [0.29, 0.717) is 21.4 Å². The van der Waals surface area contributed by atoms with Crippen LogP contribution in [0.2, 0.25) is 10.0 Å². The number of hydrogen-bond donors (Lipinski definition) is 1. The topological polar surface area (TPSA) is 59.4 Å². The highest BCUT2D eigenvalue weighted by Gasteiger charge is 2.07. The zero-order valence-electron chi connectivity index (χ0n) is 9.64. The van der Waals surface area contributed by atoms with Crippen LogP contribution in [0.5, 0.6) is 5.75 Å². The molecule has 1 aromatic heterocycles. The number of pyridine rings is 1. The lowest BCUT2D eigenvalue weighted by Gasteiger charge is -2.08. The summed E-state index contributed by atoms with van der Waals surface area (Å²) in [5, 5.41) is 9.64. The first-order chi connectivity index (χ1) is 9.06. The molecule has 0 saturated carbocycles. The molecule has 0 unspecified atom stereocenters. The van der Waals surface area contributed by atoms with E-state index in [-0.39, 0.29) is 12.2 Å². The van der Waals surface area contributed by atoms with Crippen LogP contribution in [0.1, 0.15) is 15.9 Å². The van der Waals surface area contributed by atoms with E-state index >= 15 is 0 Å². The van der Waals surface area contributed by atoms with E-state index in [4.69, 9.17) is 33.0 Å². The van der Waals surface area contributed by atoms with Crippen molar-refractivity contribution in [1.29, 1.82) is 0 Å². The summed E-state index contributed by atoms with van der Waals surface area (Å²) in [5.41, 5.74) is 0.824. The van der Waals surface area contributed by atoms with Gasteiger partial charge in [-0.15, -0.1) is 0 Å². The summed E-state index contributed by atoms with van der Waals surface area (Å²) in [4.78, 5) is 14.7. The first-order valence-electron chi connectivity index (χ1n) is 5.31. The van der Waals surface area contributed by atoms with Crippen LogP contribution in [-0.4, -0.2) is 16.1 Å². The number of halogens is 2. The molecule has 0 aliphatic heterocycles. The van der Waals surface area contributed by atoms with Gasteiger partial charge in [-0.25, -0.2) is 4.79 Å². The molecular formula is C13H9Cl2NO3. The van der Waals surface area contributed by atoms with Gasteiger partial charge in [-0.1, -0.05) is 29.3 Å². The molecule has 0 bridgehead atoms. The van der Waals surface area contributed by atoms with Gasteiger partial charge in [0.2, 0.25) is 0 Å². The van der Waals surface area contributed by atoms with Crippen LogP contribution >= 0.6 is 23.2 Å². The predicted molar refractivity (Wildman–Crippen MR) is 72.0 cm³/mol. The number of carbonyl (C=O) groups is 1. The van der Waals surface area contributed by atoms with Crippen molar-refractivity contribution in [2.24, 2.45) is 0 Å². The molecule has 0 amide bonds. The van der Waals surface area contributed by atoms with Crippen LogP contribution in [-0.2, 0) is 6.61 Å². The van der Waals surface area contributed by atoms with Crippen molar-refractivity contribution >= 4 is 29.2 Å². The lowest BCUT2D eigenvalue weighted by Crippen LogP contribution is -2.00. The van der Waals surface area contributed by atoms with Crippen molar-refractivity contribution in [3.05, 3.63) is 57.8 Å². The highest BCUT2D eigenvalue weighted by molar-refractivity contribution is 6.31. The number of aromatic carboxylic acids is 1. The molecule has 0 aliphatic carbocycles. The Kier molecular flexibility index (Phi) is 4.24. The van der Waals surface area contributed by atoms with E-state index in [2.05, 4.69) is 4.98 Å². The largest absolute Gasteiger partial charge is 0.487 e. The summed E-state index contributed by atoms with van der Waals surface area (Å²) >= 11 is 11.8. The van der Waals surface area contributed by atoms with Crippen molar-refractivity contribution in [1.82, 2.24) is 4.98 Å². The van der Waals surface area contributed by atoms with Crippen molar-refractivity contribution in [2.75, 3.05) is 0 Å². The summed E-state index contributed by atoms with van der Waals surface area (Å²) in [6.07, 6.45) is 3.04. The van der Waals surface area contributed by atoms with Gasteiger partial charge in [-0.3, -0.25) is 4.98 Å². The Balaban J connectivity index is 2.10. The van der Waals surface area contributed by atoms with Crippen molar-refractivity contribution < 1.29 is 14.6 Å². The van der Waals surface area contributed by atoms with E-state index in [1.54, 1.807) is 12.1 Å². The van der Waals surface area contributed by atoms with Gasteiger partial charge < -0.3 is 9.84 Å². The molecule has 2 rings (SSSR count). The third-order valence-corrected chi connectivity index (χ3v) is 2.93. The van der Waals surface area contributed by atoms with Gasteiger partial charge in [0.25, 0.3) is 0 Å². The molecule has 1 aromatic carbocycles. The predicted octanol–water partition coefficient (Wildman–Crippen LogP) is 3.67. The summed E-state index contributed by atoms with van der Waals surface area (Å²) < 4.78 is 5.48. The number of hydrogen-bond acceptors (Lipinski definition) is 3. The van der Waals surface area contributed by atoms with E-state index in [1.165, 1.54) is 24.5 Å². The Labute approximate surface area is 119 Å². The lowest BCUT2D eigenvalue weighted by molar-refractivity contribution is 0.0697. The summed E-state index contributed by atoms with van der Waals surface area (Å²) in [5.74, 6) is -0.501. The molecule has 0 spiro atoms. The fourth-order valence-corrected chi connectivity index (χ4v) is 1.83. The van der Waals surface area contributed by atoms with E-state index in [1.807, 2.05) is 0 Å².